The molecule has 0 fully saturated rings. The maximum atomic E-state index is 12.9. The highest BCUT2D eigenvalue weighted by Crippen LogP contribution is 2.08. The van der Waals surface area contributed by atoms with Crippen LogP contribution in [0.25, 0.3) is 0 Å². The first-order valence-electron chi connectivity index (χ1n) is 10.6. The molecule has 34 heavy (non-hydrogen) atoms. The molecule has 0 aliphatic heterocycles. The molecule has 0 aliphatic rings. The number of aromatic nitrogens is 2. The van der Waals surface area contributed by atoms with Crippen LogP contribution in [0.15, 0.2) is 12.5 Å². The van der Waals surface area contributed by atoms with Crippen molar-refractivity contribution in [3.8, 4) is 0 Å². The zero-order valence-electron chi connectivity index (χ0n) is 19.0. The van der Waals surface area contributed by atoms with Crippen molar-refractivity contribution >= 4 is 29.7 Å². The van der Waals surface area contributed by atoms with Gasteiger partial charge in [-0.25, -0.2) is 9.78 Å². The first-order valence-corrected chi connectivity index (χ1v) is 10.6. The van der Waals surface area contributed by atoms with Crippen molar-refractivity contribution in [2.45, 2.75) is 63.7 Å². The first kappa shape index (κ1) is 28.5. The Morgan fingerprint density at radius 3 is 2.09 bits per heavy atom. The van der Waals surface area contributed by atoms with E-state index >= 15 is 0 Å². The number of imidazole rings is 1. The van der Waals surface area contributed by atoms with Gasteiger partial charge in [-0.2, -0.15) is 0 Å². The Morgan fingerprint density at radius 1 is 1.00 bits per heavy atom. The van der Waals surface area contributed by atoms with Crippen molar-refractivity contribution in [1.82, 2.24) is 25.9 Å². The second kappa shape index (κ2) is 13.9. The summed E-state index contributed by atoms with van der Waals surface area (Å²) in [5.74, 6) is -5.04. The van der Waals surface area contributed by atoms with E-state index in [9.17, 15) is 29.1 Å². The van der Waals surface area contributed by atoms with Gasteiger partial charge >= 0.3 is 11.9 Å². The Morgan fingerprint density at radius 2 is 1.59 bits per heavy atom. The number of carboxylic acids is 2. The summed E-state index contributed by atoms with van der Waals surface area (Å²) in [6.07, 6.45) is 2.06. The van der Waals surface area contributed by atoms with Gasteiger partial charge in [0.1, 0.15) is 24.2 Å². The monoisotopic (exact) mass is 484 g/mol. The number of aliphatic hydroxyl groups is 1. The minimum absolute atomic E-state index is 0.0339. The van der Waals surface area contributed by atoms with E-state index < -0.39 is 66.9 Å². The van der Waals surface area contributed by atoms with Crippen LogP contribution in [0, 0.1) is 5.92 Å². The van der Waals surface area contributed by atoms with Gasteiger partial charge in [-0.15, -0.1) is 0 Å². The molecule has 14 nitrogen and oxygen atoms in total. The lowest BCUT2D eigenvalue weighted by molar-refractivity contribution is -0.142. The highest BCUT2D eigenvalue weighted by atomic mass is 16.4. The molecule has 0 aliphatic carbocycles. The molecule has 1 aromatic rings. The van der Waals surface area contributed by atoms with Crippen LogP contribution in [0.4, 0.5) is 0 Å². The minimum Gasteiger partial charge on any atom is -0.481 e. The standard InChI is InChI=1S/C20H32N6O8/c1-10(2)5-15(20(33)34)26-19(32)14(6-11-7-22-9-23-11)25-18(31)13(3-4-16(28)29)24-17(30)12(21)8-27/h7,9-10,12-15,27H,3-6,8,21H2,1-2H3,(H,22,23)(H,24,30)(H,25,31)(H,26,32)(H,28,29)(H,33,34). The van der Waals surface area contributed by atoms with Gasteiger partial charge in [0, 0.05) is 24.7 Å². The third-order valence-corrected chi connectivity index (χ3v) is 4.75. The SMILES string of the molecule is CC(C)CC(NC(=O)C(Cc1cnc[nH]1)NC(=O)C(CCC(=O)O)NC(=O)C(N)CO)C(=O)O. The van der Waals surface area contributed by atoms with E-state index in [0.717, 1.165) is 0 Å². The maximum Gasteiger partial charge on any atom is 0.326 e. The third-order valence-electron chi connectivity index (χ3n) is 4.75. The molecule has 0 spiro atoms. The van der Waals surface area contributed by atoms with Gasteiger partial charge in [-0.05, 0) is 18.8 Å². The number of nitrogens with one attached hydrogen (secondary N) is 4. The second-order valence-corrected chi connectivity index (χ2v) is 8.15. The average Bonchev–Trinajstić information content (AvgIpc) is 3.27. The maximum absolute atomic E-state index is 12.9. The smallest absolute Gasteiger partial charge is 0.326 e. The van der Waals surface area contributed by atoms with E-state index in [2.05, 4.69) is 25.9 Å². The van der Waals surface area contributed by atoms with E-state index in [0.29, 0.717) is 5.69 Å². The van der Waals surface area contributed by atoms with Crippen LogP contribution in [-0.4, -0.2) is 85.7 Å². The molecule has 0 radical (unpaired) electrons. The zero-order valence-corrected chi connectivity index (χ0v) is 19.0. The number of carboxylic acid groups (broad SMARTS) is 2. The number of aliphatic carboxylic acids is 2. The summed E-state index contributed by atoms with van der Waals surface area (Å²) >= 11 is 0. The minimum atomic E-state index is -1.37. The van der Waals surface area contributed by atoms with Crippen molar-refractivity contribution in [2.75, 3.05) is 6.61 Å². The van der Waals surface area contributed by atoms with Crippen molar-refractivity contribution in [3.05, 3.63) is 18.2 Å². The fraction of sp³-hybridized carbons (Fsp3) is 0.600. The molecule has 14 heteroatoms. The Hall–Kier alpha value is -3.52. The summed E-state index contributed by atoms with van der Waals surface area (Å²) in [4.78, 5) is 67.0. The van der Waals surface area contributed by atoms with E-state index in [1.807, 2.05) is 0 Å². The molecule has 1 heterocycles. The van der Waals surface area contributed by atoms with Crippen molar-refractivity contribution in [3.63, 3.8) is 0 Å². The first-order chi connectivity index (χ1) is 15.9. The number of carbonyl (C=O) groups is 5. The topological polar surface area (TPSA) is 237 Å². The number of carbonyl (C=O) groups excluding carboxylic acids is 3. The van der Waals surface area contributed by atoms with Gasteiger partial charge in [0.05, 0.1) is 12.9 Å². The number of rotatable bonds is 15. The Labute approximate surface area is 195 Å². The highest BCUT2D eigenvalue weighted by Gasteiger charge is 2.31. The Bertz CT molecular complexity index is 844. The molecule has 3 amide bonds. The Balaban J connectivity index is 3.07. The molecule has 9 N–H and O–H groups in total. The summed E-state index contributed by atoms with van der Waals surface area (Å²) in [7, 11) is 0. The van der Waals surface area contributed by atoms with Crippen molar-refractivity contribution < 1.29 is 39.3 Å². The van der Waals surface area contributed by atoms with Crippen LogP contribution in [0.3, 0.4) is 0 Å². The van der Waals surface area contributed by atoms with Gasteiger partial charge in [-0.3, -0.25) is 19.2 Å². The third kappa shape index (κ3) is 9.95. The van der Waals surface area contributed by atoms with Crippen molar-refractivity contribution in [2.24, 2.45) is 11.7 Å². The quantitative estimate of drug-likeness (QED) is 0.133. The summed E-state index contributed by atoms with van der Waals surface area (Å²) in [6, 6.07) is -5.17. The van der Waals surface area contributed by atoms with E-state index in [1.54, 1.807) is 13.8 Å². The largest absolute Gasteiger partial charge is 0.481 e. The lowest BCUT2D eigenvalue weighted by atomic mass is 10.0. The number of nitrogens with zero attached hydrogens (tertiary/aromatic N) is 1. The number of aliphatic hydroxyl groups excluding tert-OH is 1. The molecule has 0 aromatic carbocycles. The number of amides is 3. The van der Waals surface area contributed by atoms with Crippen LogP contribution in [0.2, 0.25) is 0 Å². The van der Waals surface area contributed by atoms with Crippen LogP contribution >= 0.6 is 0 Å². The molecule has 1 aromatic heterocycles. The van der Waals surface area contributed by atoms with Crippen LogP contribution in [0.1, 0.15) is 38.8 Å². The molecular weight excluding hydrogens is 452 g/mol. The predicted octanol–water partition coefficient (Wildman–Crippen LogP) is -2.28. The van der Waals surface area contributed by atoms with Crippen molar-refractivity contribution in [1.29, 1.82) is 0 Å². The predicted molar refractivity (Wildman–Crippen MR) is 117 cm³/mol. The summed E-state index contributed by atoms with van der Waals surface area (Å²) in [5.41, 5.74) is 5.91. The fourth-order valence-corrected chi connectivity index (χ4v) is 2.96. The normalized spacial score (nSPS) is 14.5. The molecular formula is C20H32N6O8. The zero-order chi connectivity index (χ0) is 25.8. The van der Waals surface area contributed by atoms with Crippen LogP contribution in [0.5, 0.6) is 0 Å². The van der Waals surface area contributed by atoms with Gasteiger partial charge < -0.3 is 42.0 Å². The van der Waals surface area contributed by atoms with Gasteiger partial charge in [0.2, 0.25) is 17.7 Å². The molecule has 0 saturated heterocycles. The summed E-state index contributed by atoms with van der Waals surface area (Å²) < 4.78 is 0. The highest BCUT2D eigenvalue weighted by molar-refractivity contribution is 5.94. The second-order valence-electron chi connectivity index (χ2n) is 8.15. The number of H-pyrrole nitrogens is 1. The number of nitrogens with two attached hydrogens (primary N) is 1. The van der Waals surface area contributed by atoms with E-state index in [1.165, 1.54) is 12.5 Å². The fourth-order valence-electron chi connectivity index (χ4n) is 2.96. The molecule has 1 rings (SSSR count). The summed E-state index contributed by atoms with van der Waals surface area (Å²) in [6.45, 7) is 2.88. The van der Waals surface area contributed by atoms with Crippen LogP contribution < -0.4 is 21.7 Å². The lowest BCUT2D eigenvalue weighted by Crippen LogP contribution is -2.58. The summed E-state index contributed by atoms with van der Waals surface area (Å²) in [5, 5.41) is 34.5. The number of hydrogen-bond acceptors (Lipinski definition) is 8. The van der Waals surface area contributed by atoms with Gasteiger partial charge in [0.25, 0.3) is 0 Å². The van der Waals surface area contributed by atoms with E-state index in [-0.39, 0.29) is 25.2 Å². The van der Waals surface area contributed by atoms with E-state index in [4.69, 9.17) is 15.9 Å². The molecule has 0 bridgehead atoms. The molecule has 190 valence electrons. The molecule has 4 atom stereocenters. The van der Waals surface area contributed by atoms with Crippen LogP contribution in [-0.2, 0) is 30.4 Å². The average molecular weight is 485 g/mol. The number of hydrogen-bond donors (Lipinski definition) is 8. The van der Waals surface area contributed by atoms with Gasteiger partial charge in [0.15, 0.2) is 0 Å². The van der Waals surface area contributed by atoms with Gasteiger partial charge in [-0.1, -0.05) is 13.8 Å². The lowest BCUT2D eigenvalue weighted by Gasteiger charge is -2.25. The number of aromatic amines is 1. The molecule has 4 unspecified atom stereocenters. The Kier molecular flexibility index (Phi) is 11.7. The molecule has 0 saturated carbocycles.